The van der Waals surface area contributed by atoms with Crippen molar-refractivity contribution >= 4 is 16.6 Å². The number of hydrogen-bond donors (Lipinski definition) is 2. The molecular formula is C25H18O3. The van der Waals surface area contributed by atoms with Crippen molar-refractivity contribution in [1.82, 2.24) is 0 Å². The van der Waals surface area contributed by atoms with E-state index in [0.29, 0.717) is 39.4 Å². The first-order chi connectivity index (χ1) is 13.5. The Bertz CT molecular complexity index is 1280. The summed E-state index contributed by atoms with van der Waals surface area (Å²) in [5.74, 6) is 0.120. The minimum absolute atomic E-state index is 0.0427. The molecule has 1 aliphatic carbocycles. The number of carbonyl (C=O) groups excluding carboxylic acids is 1. The van der Waals surface area contributed by atoms with E-state index in [1.807, 2.05) is 55.5 Å². The number of rotatable bonds is 1. The number of phenols is 2. The molecule has 5 rings (SSSR count). The van der Waals surface area contributed by atoms with E-state index in [2.05, 4.69) is 0 Å². The van der Waals surface area contributed by atoms with Gasteiger partial charge in [-0.2, -0.15) is 0 Å². The molecule has 0 spiro atoms. The number of hydrogen-bond acceptors (Lipinski definition) is 3. The van der Waals surface area contributed by atoms with Crippen LogP contribution in [0, 0.1) is 6.92 Å². The van der Waals surface area contributed by atoms with Gasteiger partial charge in [0.05, 0.1) is 0 Å². The monoisotopic (exact) mass is 366 g/mol. The molecule has 0 amide bonds. The zero-order valence-corrected chi connectivity index (χ0v) is 15.4. The molecule has 0 aromatic heterocycles. The predicted molar refractivity (Wildman–Crippen MR) is 110 cm³/mol. The average molecular weight is 366 g/mol. The van der Waals surface area contributed by atoms with Gasteiger partial charge >= 0.3 is 0 Å². The number of fused-ring (bicyclic) bond motifs is 3. The Hall–Kier alpha value is -3.59. The van der Waals surface area contributed by atoms with E-state index in [1.165, 1.54) is 0 Å². The van der Waals surface area contributed by atoms with Gasteiger partial charge in [-0.25, -0.2) is 0 Å². The van der Waals surface area contributed by atoms with Crippen molar-refractivity contribution in [2.45, 2.75) is 13.3 Å². The lowest BCUT2D eigenvalue weighted by Crippen LogP contribution is -2.16. The Kier molecular flexibility index (Phi) is 3.53. The van der Waals surface area contributed by atoms with Crippen LogP contribution in [0.1, 0.15) is 32.6 Å². The summed E-state index contributed by atoms with van der Waals surface area (Å²) in [4.78, 5) is 13.3. The molecular weight excluding hydrogens is 348 g/mol. The maximum Gasteiger partial charge on any atom is 0.194 e. The van der Waals surface area contributed by atoms with Crippen LogP contribution in [0.2, 0.25) is 0 Å². The van der Waals surface area contributed by atoms with Crippen LogP contribution in [0.4, 0.5) is 0 Å². The molecule has 4 aromatic carbocycles. The van der Waals surface area contributed by atoms with Crippen molar-refractivity contribution in [1.29, 1.82) is 0 Å². The second kappa shape index (κ2) is 5.96. The van der Waals surface area contributed by atoms with E-state index in [1.54, 1.807) is 18.2 Å². The zero-order chi connectivity index (χ0) is 19.4. The Labute approximate surface area is 162 Å². The van der Waals surface area contributed by atoms with Gasteiger partial charge in [-0.3, -0.25) is 4.79 Å². The fraction of sp³-hybridized carbons (Fsp3) is 0.0800. The first kappa shape index (κ1) is 16.6. The second-order valence-electron chi connectivity index (χ2n) is 7.35. The quantitative estimate of drug-likeness (QED) is 0.393. The van der Waals surface area contributed by atoms with Crippen LogP contribution in [0.15, 0.2) is 66.7 Å². The molecule has 0 atom stereocenters. The Morgan fingerprint density at radius 1 is 0.750 bits per heavy atom. The summed E-state index contributed by atoms with van der Waals surface area (Å²) in [6.07, 6.45) is 0.673. The number of benzene rings is 4. The third kappa shape index (κ3) is 2.33. The normalized spacial score (nSPS) is 12.7. The first-order valence-electron chi connectivity index (χ1n) is 9.25. The van der Waals surface area contributed by atoms with E-state index >= 15 is 0 Å². The highest BCUT2D eigenvalue weighted by Gasteiger charge is 2.28. The fourth-order valence-electron chi connectivity index (χ4n) is 4.26. The predicted octanol–water partition coefficient (Wildman–Crippen LogP) is 5.36. The molecule has 1 aliphatic rings. The Morgan fingerprint density at radius 3 is 2.29 bits per heavy atom. The minimum Gasteiger partial charge on any atom is -0.507 e. The van der Waals surface area contributed by atoms with Gasteiger partial charge in [-0.05, 0) is 36.1 Å². The van der Waals surface area contributed by atoms with Crippen LogP contribution in [-0.2, 0) is 6.42 Å². The van der Waals surface area contributed by atoms with Crippen LogP contribution in [0.25, 0.3) is 21.9 Å². The molecule has 3 nitrogen and oxygen atoms in total. The highest BCUT2D eigenvalue weighted by atomic mass is 16.3. The standard InChI is InChI=1S/C25H18O3/c1-14-10-16-12-15-6-2-3-7-17(15)25(28)23(16)20(11-14)21-13-22(26)18-8-4-5-9-19(18)24(21)27/h2-11,13,26-27H,12H2,1H3. The van der Waals surface area contributed by atoms with Crippen LogP contribution < -0.4 is 0 Å². The molecule has 3 heteroatoms. The van der Waals surface area contributed by atoms with Crippen molar-refractivity contribution < 1.29 is 15.0 Å². The molecule has 0 aliphatic heterocycles. The van der Waals surface area contributed by atoms with Gasteiger partial charge in [0.1, 0.15) is 11.5 Å². The van der Waals surface area contributed by atoms with Crippen molar-refractivity contribution in [2.75, 3.05) is 0 Å². The van der Waals surface area contributed by atoms with E-state index < -0.39 is 0 Å². The Balaban J connectivity index is 1.83. The molecule has 0 heterocycles. The van der Waals surface area contributed by atoms with E-state index in [4.69, 9.17) is 0 Å². The van der Waals surface area contributed by atoms with E-state index in [-0.39, 0.29) is 17.3 Å². The molecule has 0 saturated carbocycles. The third-order valence-electron chi connectivity index (χ3n) is 5.52. The highest BCUT2D eigenvalue weighted by molar-refractivity contribution is 6.17. The number of phenolic OH excluding ortho intramolecular Hbond substituents is 2. The summed E-state index contributed by atoms with van der Waals surface area (Å²) in [5, 5.41) is 22.7. The van der Waals surface area contributed by atoms with Crippen LogP contribution in [-0.4, -0.2) is 16.0 Å². The van der Waals surface area contributed by atoms with Crippen LogP contribution in [0.5, 0.6) is 11.5 Å². The summed E-state index contributed by atoms with van der Waals surface area (Å²) in [5.41, 5.74) is 5.41. The molecule has 2 N–H and O–H groups in total. The van der Waals surface area contributed by atoms with Crippen molar-refractivity contribution in [3.8, 4) is 22.6 Å². The largest absolute Gasteiger partial charge is 0.507 e. The number of aryl methyl sites for hydroxylation is 1. The maximum atomic E-state index is 13.3. The SMILES string of the molecule is Cc1cc2c(c(-c3cc(O)c4ccccc4c3O)c1)C(=O)c1ccccc1C2. The lowest BCUT2D eigenvalue weighted by Gasteiger charge is -2.23. The van der Waals surface area contributed by atoms with E-state index in [0.717, 1.165) is 16.7 Å². The molecule has 4 aromatic rings. The van der Waals surface area contributed by atoms with Gasteiger partial charge in [0.25, 0.3) is 0 Å². The molecule has 28 heavy (non-hydrogen) atoms. The summed E-state index contributed by atoms with van der Waals surface area (Å²) >= 11 is 0. The minimum atomic E-state index is -0.0427. The lowest BCUT2D eigenvalue weighted by molar-refractivity contribution is 0.103. The molecule has 136 valence electrons. The Morgan fingerprint density at radius 2 is 1.46 bits per heavy atom. The van der Waals surface area contributed by atoms with Crippen LogP contribution >= 0.6 is 0 Å². The first-order valence-corrected chi connectivity index (χ1v) is 9.25. The number of ketones is 1. The van der Waals surface area contributed by atoms with Gasteiger partial charge in [-0.15, -0.1) is 0 Å². The summed E-state index contributed by atoms with van der Waals surface area (Å²) in [6.45, 7) is 1.98. The van der Waals surface area contributed by atoms with Crippen molar-refractivity contribution in [3.63, 3.8) is 0 Å². The summed E-state index contributed by atoms with van der Waals surface area (Å²) < 4.78 is 0. The molecule has 0 fully saturated rings. The lowest BCUT2D eigenvalue weighted by atomic mass is 9.80. The topological polar surface area (TPSA) is 57.5 Å². The van der Waals surface area contributed by atoms with Gasteiger partial charge in [0, 0.05) is 27.5 Å². The fourth-order valence-corrected chi connectivity index (χ4v) is 4.26. The van der Waals surface area contributed by atoms with E-state index in [9.17, 15) is 15.0 Å². The third-order valence-corrected chi connectivity index (χ3v) is 5.52. The van der Waals surface area contributed by atoms with Gasteiger partial charge < -0.3 is 10.2 Å². The molecule has 0 radical (unpaired) electrons. The number of carbonyl (C=O) groups is 1. The van der Waals surface area contributed by atoms with Gasteiger partial charge in [0.15, 0.2) is 5.78 Å². The van der Waals surface area contributed by atoms with Crippen molar-refractivity contribution in [3.05, 3.63) is 94.5 Å². The second-order valence-corrected chi connectivity index (χ2v) is 7.35. The maximum absolute atomic E-state index is 13.3. The zero-order valence-electron chi connectivity index (χ0n) is 15.4. The smallest absolute Gasteiger partial charge is 0.194 e. The number of aromatic hydroxyl groups is 2. The van der Waals surface area contributed by atoms with Gasteiger partial charge in [-0.1, -0.05) is 66.2 Å². The van der Waals surface area contributed by atoms with Crippen LogP contribution in [0.3, 0.4) is 0 Å². The average Bonchev–Trinajstić information content (AvgIpc) is 2.70. The van der Waals surface area contributed by atoms with Crippen molar-refractivity contribution in [2.24, 2.45) is 0 Å². The molecule has 0 saturated heterocycles. The summed E-state index contributed by atoms with van der Waals surface area (Å²) in [6, 6.07) is 20.3. The molecule has 0 bridgehead atoms. The molecule has 0 unspecified atom stereocenters. The summed E-state index contributed by atoms with van der Waals surface area (Å²) in [7, 11) is 0. The highest BCUT2D eigenvalue weighted by Crippen LogP contribution is 2.44. The van der Waals surface area contributed by atoms with Gasteiger partial charge in [0.2, 0.25) is 0 Å².